The van der Waals surface area contributed by atoms with E-state index in [1.807, 2.05) is 0 Å². The molecule has 0 heterocycles. The average Bonchev–Trinajstić information content (AvgIpc) is 0.650. The molecule has 0 saturated heterocycles. The molecule has 42 valence electrons. The van der Waals surface area contributed by atoms with Crippen LogP contribution in [-0.2, 0) is 31.0 Å². The predicted molar refractivity (Wildman–Crippen MR) is 12.0 cm³/mol. The summed E-state index contributed by atoms with van der Waals surface area (Å²) in [6.07, 6.45) is 0. The van der Waals surface area contributed by atoms with Crippen molar-refractivity contribution in [2.45, 2.75) is 0 Å². The summed E-state index contributed by atoms with van der Waals surface area (Å²) in [5.41, 5.74) is 0. The van der Waals surface area contributed by atoms with Crippen LogP contribution in [0.1, 0.15) is 0 Å². The van der Waals surface area contributed by atoms with E-state index in [2.05, 4.69) is 0 Å². The summed E-state index contributed by atoms with van der Waals surface area (Å²) in [6, 6.07) is 0. The van der Waals surface area contributed by atoms with Gasteiger partial charge in [0.1, 0.15) is 0 Å². The average molecular weight is 312 g/mol. The summed E-state index contributed by atoms with van der Waals surface area (Å²) in [7, 11) is 0. The van der Waals surface area contributed by atoms with E-state index >= 15 is 0 Å². The molecule has 0 aliphatic carbocycles. The van der Waals surface area contributed by atoms with Crippen molar-refractivity contribution in [2.75, 3.05) is 0 Å². The second-order valence-corrected chi connectivity index (χ2v) is 3.07. The topological polar surface area (TPSA) is 85.3 Å². The molecule has 8 heavy (non-hydrogen) atoms. The first-order valence-corrected chi connectivity index (χ1v) is 3.76. The van der Waals surface area contributed by atoms with Gasteiger partial charge in [-0.15, -0.1) is 0 Å². The van der Waals surface area contributed by atoms with Gasteiger partial charge in [0.15, 0.2) is 0 Å². The Labute approximate surface area is 102 Å². The molecule has 0 aromatic heterocycles. The standard InChI is InChI=1S/Ca.La.5O.V.2H. The Balaban J connectivity index is -0.000000125. The molecule has 0 aliphatic heterocycles. The summed E-state index contributed by atoms with van der Waals surface area (Å²) in [5, 5.41) is 0. The molecule has 8 heteroatoms. The van der Waals surface area contributed by atoms with Gasteiger partial charge < -0.3 is 0 Å². The first-order chi connectivity index (χ1) is 2.24. The molecule has 0 atom stereocenters. The van der Waals surface area contributed by atoms with E-state index in [1.54, 1.807) is 0 Å². The molecule has 5 nitrogen and oxygen atoms in total. The fourth-order valence-corrected chi connectivity index (χ4v) is 0. The van der Waals surface area contributed by atoms with E-state index in [-0.39, 0.29) is 73.3 Å². The molecule has 0 amide bonds. The third kappa shape index (κ3) is 95.8. The molecule has 0 fully saturated rings. The third-order valence-electron chi connectivity index (χ3n) is 0. The zero-order chi connectivity index (χ0) is 5.45. The van der Waals surface area contributed by atoms with Gasteiger partial charge in [0, 0.05) is 35.6 Å². The first-order valence-electron chi connectivity index (χ1n) is 0.913. The molecule has 0 aromatic carbocycles. The summed E-state index contributed by atoms with van der Waals surface area (Å²) >= 11 is -7.74. The first kappa shape index (κ1) is 16.6. The summed E-state index contributed by atoms with van der Waals surface area (Å²) in [4.78, 5) is 0. The van der Waals surface area contributed by atoms with Crippen molar-refractivity contribution < 1.29 is 66.6 Å². The van der Waals surface area contributed by atoms with Crippen LogP contribution in [0.15, 0.2) is 0 Å². The van der Waals surface area contributed by atoms with Crippen molar-refractivity contribution in [3.63, 3.8) is 0 Å². The molecule has 1 radical (unpaired) electrons. The molecule has 0 unspecified atom stereocenters. The fraction of sp³-hybridized carbons (Fsp3) is 0. The van der Waals surface area contributed by atoms with Gasteiger partial charge in [0.25, 0.3) is 0 Å². The summed E-state index contributed by atoms with van der Waals surface area (Å²) in [6.45, 7) is 0. The van der Waals surface area contributed by atoms with E-state index < -0.39 is 12.6 Å². The molecule has 0 aromatic rings. The molecule has 0 N–H and O–H groups in total. The van der Waals surface area contributed by atoms with Gasteiger partial charge in [-0.3, -0.25) is 0 Å². The maximum absolute atomic E-state index is 8.64. The Bertz CT molecular complexity index is 282. The molecule has 0 spiro atoms. The summed E-state index contributed by atoms with van der Waals surface area (Å²) in [5.74, 6) is 0. The molecular formula is H2CaLaO5V. The van der Waals surface area contributed by atoms with Gasteiger partial charge in [-0.25, -0.2) is 0 Å². The van der Waals surface area contributed by atoms with Gasteiger partial charge >= 0.3 is 68.7 Å². The molecule has 0 aliphatic rings. The van der Waals surface area contributed by atoms with Crippen LogP contribution in [-0.4, -0.2) is 37.7 Å². The van der Waals surface area contributed by atoms with Crippen molar-refractivity contribution in [1.82, 2.24) is 0 Å². The van der Waals surface area contributed by atoms with Crippen LogP contribution in [0, 0.1) is 35.6 Å². The van der Waals surface area contributed by atoms with Crippen LogP contribution in [0.5, 0.6) is 0 Å². The van der Waals surface area contributed by atoms with Crippen molar-refractivity contribution >= 4 is 37.7 Å². The van der Waals surface area contributed by atoms with Crippen molar-refractivity contribution in [3.05, 3.63) is 0 Å². The normalized spacial score (nSPS) is 7.50. The van der Waals surface area contributed by atoms with Crippen LogP contribution in [0.4, 0.5) is 0 Å². The second-order valence-electron chi connectivity index (χ2n) is 0.745. The van der Waals surface area contributed by atoms with E-state index in [4.69, 9.17) is 18.4 Å². The minimum absolute atomic E-state index is 0. The zero-order valence-corrected chi connectivity index (χ0v) is 8.09. The van der Waals surface area contributed by atoms with Crippen molar-refractivity contribution in [1.29, 1.82) is 0 Å². The van der Waals surface area contributed by atoms with E-state index in [9.17, 15) is 0 Å². The Hall–Kier alpha value is 2.04. The van der Waals surface area contributed by atoms with E-state index in [0.717, 1.165) is 0 Å². The number of rotatable bonds is 0. The molecule has 0 saturated carbocycles. The Morgan fingerprint density at radius 3 is 0.750 bits per heavy atom. The minimum atomic E-state index is -7.74. The quantitative estimate of drug-likeness (QED) is 0.508. The van der Waals surface area contributed by atoms with E-state index in [0.29, 0.717) is 0 Å². The van der Waals surface area contributed by atoms with Crippen molar-refractivity contribution in [2.24, 2.45) is 0 Å². The SMILES string of the molecule is [CaH2].[La].[O]=[V](=[O])(=[O])(=[O])=[O]. The zero-order valence-electron chi connectivity index (χ0n) is 3.07. The Kier molecular flexibility index (Phi) is 8.34. The van der Waals surface area contributed by atoms with Crippen LogP contribution in [0.25, 0.3) is 0 Å². The predicted octanol–water partition coefficient (Wildman–Crippen LogP) is -1.51. The van der Waals surface area contributed by atoms with E-state index in [1.165, 1.54) is 0 Å². The van der Waals surface area contributed by atoms with Crippen LogP contribution >= 0.6 is 0 Å². The van der Waals surface area contributed by atoms with Crippen molar-refractivity contribution in [3.8, 4) is 0 Å². The second kappa shape index (κ2) is 4.03. The third-order valence-corrected chi connectivity index (χ3v) is 0. The van der Waals surface area contributed by atoms with Crippen LogP contribution in [0.3, 0.4) is 0 Å². The monoisotopic (exact) mass is 312 g/mol. The Morgan fingerprint density at radius 1 is 0.750 bits per heavy atom. The fourth-order valence-electron chi connectivity index (χ4n) is 0. The Morgan fingerprint density at radius 2 is 0.750 bits per heavy atom. The van der Waals surface area contributed by atoms with Gasteiger partial charge in [0.05, 0.1) is 0 Å². The van der Waals surface area contributed by atoms with Gasteiger partial charge in [-0.2, -0.15) is 0 Å². The van der Waals surface area contributed by atoms with Gasteiger partial charge in [0.2, 0.25) is 0 Å². The van der Waals surface area contributed by atoms with Gasteiger partial charge in [-0.05, 0) is 0 Å². The van der Waals surface area contributed by atoms with Crippen LogP contribution in [0.2, 0.25) is 0 Å². The summed E-state index contributed by atoms with van der Waals surface area (Å²) < 4.78 is 43.2. The molecule has 0 rings (SSSR count). The molecular weight excluding hydrogens is 310 g/mol. The molecule has 0 bridgehead atoms. The maximum atomic E-state index is 8.64. The van der Waals surface area contributed by atoms with Crippen LogP contribution < -0.4 is 0 Å². The number of hydrogen-bond donors (Lipinski definition) is 0. The number of hydrogen-bond acceptors (Lipinski definition) is 5. The van der Waals surface area contributed by atoms with Gasteiger partial charge in [-0.1, -0.05) is 0 Å².